The van der Waals surface area contributed by atoms with E-state index in [4.69, 9.17) is 35.4 Å². The number of thiocarbonyl (C=S) groups is 1. The van der Waals surface area contributed by atoms with E-state index in [1.165, 1.54) is 6.07 Å². The first-order valence-electron chi connectivity index (χ1n) is 10.1. The Hall–Kier alpha value is -2.94. The number of anilines is 2. The SMILES string of the molecule is Cc1nn(Cc2ccc(Cl)cc2Cl)c(C)c1NC(=S)Nc1ccn(Cc2ccccc2F)n1. The number of halogens is 3. The predicted octanol–water partition coefficient (Wildman–Crippen LogP) is 6.05. The van der Waals surface area contributed by atoms with Crippen LogP contribution in [0.5, 0.6) is 0 Å². The largest absolute Gasteiger partial charge is 0.329 e. The molecular formula is C23H21Cl2FN6S. The average Bonchev–Trinajstić information content (AvgIpc) is 3.31. The van der Waals surface area contributed by atoms with Crippen molar-refractivity contribution in [1.82, 2.24) is 19.6 Å². The van der Waals surface area contributed by atoms with Gasteiger partial charge in [0, 0.05) is 27.9 Å². The Morgan fingerprint density at radius 2 is 1.79 bits per heavy atom. The van der Waals surface area contributed by atoms with Crippen molar-refractivity contribution in [3.8, 4) is 0 Å². The van der Waals surface area contributed by atoms with Gasteiger partial charge in [0.25, 0.3) is 0 Å². The number of nitrogens with zero attached hydrogens (tertiary/aromatic N) is 4. The number of nitrogens with one attached hydrogen (secondary N) is 2. The van der Waals surface area contributed by atoms with Gasteiger partial charge in [-0.2, -0.15) is 10.2 Å². The maximum atomic E-state index is 13.9. The van der Waals surface area contributed by atoms with Crippen LogP contribution in [-0.4, -0.2) is 24.7 Å². The lowest BCUT2D eigenvalue weighted by atomic mass is 10.2. The van der Waals surface area contributed by atoms with Crippen LogP contribution < -0.4 is 10.6 Å². The number of aromatic nitrogens is 4. The van der Waals surface area contributed by atoms with Crippen molar-refractivity contribution in [2.75, 3.05) is 10.6 Å². The Bertz CT molecular complexity index is 1320. The van der Waals surface area contributed by atoms with Gasteiger partial charge in [-0.25, -0.2) is 4.39 Å². The Morgan fingerprint density at radius 1 is 1.00 bits per heavy atom. The van der Waals surface area contributed by atoms with Crippen molar-refractivity contribution < 1.29 is 4.39 Å². The van der Waals surface area contributed by atoms with E-state index in [9.17, 15) is 4.39 Å². The fourth-order valence-corrected chi connectivity index (χ4v) is 4.10. The second kappa shape index (κ2) is 9.91. The number of aryl methyl sites for hydroxylation is 1. The second-order valence-electron chi connectivity index (χ2n) is 7.51. The lowest BCUT2D eigenvalue weighted by molar-refractivity contribution is 0.586. The number of benzene rings is 2. The summed E-state index contributed by atoms with van der Waals surface area (Å²) in [6.07, 6.45) is 1.77. The Labute approximate surface area is 206 Å². The summed E-state index contributed by atoms with van der Waals surface area (Å²) in [5.41, 5.74) is 3.99. The van der Waals surface area contributed by atoms with Gasteiger partial charge < -0.3 is 10.6 Å². The number of hydrogen-bond acceptors (Lipinski definition) is 3. The van der Waals surface area contributed by atoms with Gasteiger partial charge in [-0.1, -0.05) is 47.5 Å². The van der Waals surface area contributed by atoms with E-state index in [0.717, 1.165) is 22.6 Å². The Balaban J connectivity index is 1.42. The first-order chi connectivity index (χ1) is 15.8. The van der Waals surface area contributed by atoms with E-state index in [2.05, 4.69) is 20.8 Å². The summed E-state index contributed by atoms with van der Waals surface area (Å²) in [6, 6.07) is 13.8. The second-order valence-corrected chi connectivity index (χ2v) is 8.76. The van der Waals surface area contributed by atoms with Crippen molar-refractivity contribution >= 4 is 52.0 Å². The van der Waals surface area contributed by atoms with E-state index >= 15 is 0 Å². The number of hydrogen-bond donors (Lipinski definition) is 2. The molecule has 6 nitrogen and oxygen atoms in total. The van der Waals surface area contributed by atoms with Crippen molar-refractivity contribution in [2.45, 2.75) is 26.9 Å². The summed E-state index contributed by atoms with van der Waals surface area (Å²) in [4.78, 5) is 0. The molecule has 33 heavy (non-hydrogen) atoms. The summed E-state index contributed by atoms with van der Waals surface area (Å²) < 4.78 is 17.4. The highest BCUT2D eigenvalue weighted by Crippen LogP contribution is 2.25. The van der Waals surface area contributed by atoms with Gasteiger partial charge in [0.15, 0.2) is 10.9 Å². The van der Waals surface area contributed by atoms with Crippen molar-refractivity contribution in [3.05, 3.63) is 93.1 Å². The van der Waals surface area contributed by atoms with Crippen LogP contribution in [0.3, 0.4) is 0 Å². The van der Waals surface area contributed by atoms with Crippen LogP contribution in [0.25, 0.3) is 0 Å². The van der Waals surface area contributed by atoms with Crippen molar-refractivity contribution in [2.24, 2.45) is 0 Å². The highest BCUT2D eigenvalue weighted by Gasteiger charge is 2.15. The third-order valence-corrected chi connectivity index (χ3v) is 5.92. The topological polar surface area (TPSA) is 59.7 Å². The van der Waals surface area contributed by atoms with Crippen LogP contribution in [0.2, 0.25) is 10.0 Å². The number of rotatable bonds is 6. The summed E-state index contributed by atoms with van der Waals surface area (Å²) >= 11 is 17.8. The molecule has 0 aliphatic heterocycles. The van der Waals surface area contributed by atoms with E-state index in [1.807, 2.05) is 24.6 Å². The van der Waals surface area contributed by atoms with Crippen LogP contribution in [0.4, 0.5) is 15.9 Å². The van der Waals surface area contributed by atoms with Crippen LogP contribution in [0.15, 0.2) is 54.7 Å². The van der Waals surface area contributed by atoms with Crippen LogP contribution >= 0.6 is 35.4 Å². The van der Waals surface area contributed by atoms with E-state index in [0.29, 0.717) is 39.6 Å². The predicted molar refractivity (Wildman–Crippen MR) is 135 cm³/mol. The molecule has 2 aromatic heterocycles. The molecule has 0 radical (unpaired) electrons. The smallest absolute Gasteiger partial charge is 0.176 e. The molecule has 0 atom stereocenters. The molecule has 0 spiro atoms. The molecule has 0 aliphatic rings. The zero-order chi connectivity index (χ0) is 23.5. The maximum Gasteiger partial charge on any atom is 0.176 e. The lowest BCUT2D eigenvalue weighted by Crippen LogP contribution is -2.20. The van der Waals surface area contributed by atoms with Gasteiger partial charge in [0.2, 0.25) is 0 Å². The summed E-state index contributed by atoms with van der Waals surface area (Å²) in [6.45, 7) is 4.69. The molecule has 0 unspecified atom stereocenters. The molecule has 2 N–H and O–H groups in total. The van der Waals surface area contributed by atoms with Gasteiger partial charge in [-0.05, 0) is 49.8 Å². The summed E-state index contributed by atoms with van der Waals surface area (Å²) in [5, 5.41) is 16.8. The third-order valence-electron chi connectivity index (χ3n) is 5.13. The molecule has 0 aliphatic carbocycles. The molecule has 4 aromatic rings. The minimum atomic E-state index is -0.262. The molecule has 4 rings (SSSR count). The monoisotopic (exact) mass is 502 g/mol. The Kier molecular flexibility index (Phi) is 6.97. The van der Waals surface area contributed by atoms with Gasteiger partial charge in [0.1, 0.15) is 5.82 Å². The molecular weight excluding hydrogens is 482 g/mol. The lowest BCUT2D eigenvalue weighted by Gasteiger charge is -2.10. The van der Waals surface area contributed by atoms with E-state index in [-0.39, 0.29) is 5.82 Å². The van der Waals surface area contributed by atoms with Crippen molar-refractivity contribution in [1.29, 1.82) is 0 Å². The summed E-state index contributed by atoms with van der Waals surface area (Å²) in [7, 11) is 0. The third kappa shape index (κ3) is 5.52. The maximum absolute atomic E-state index is 13.9. The average molecular weight is 503 g/mol. The summed E-state index contributed by atoms with van der Waals surface area (Å²) in [5.74, 6) is 0.294. The molecule has 0 saturated carbocycles. The van der Waals surface area contributed by atoms with Gasteiger partial charge in [-0.15, -0.1) is 0 Å². The highest BCUT2D eigenvalue weighted by molar-refractivity contribution is 7.80. The first kappa shape index (κ1) is 23.2. The van der Waals surface area contributed by atoms with Gasteiger partial charge in [-0.3, -0.25) is 9.36 Å². The molecule has 0 bridgehead atoms. The zero-order valence-corrected chi connectivity index (χ0v) is 20.3. The molecule has 0 saturated heterocycles. The van der Waals surface area contributed by atoms with E-state index < -0.39 is 0 Å². The van der Waals surface area contributed by atoms with Gasteiger partial charge >= 0.3 is 0 Å². The standard InChI is InChI=1S/C23H21Cl2FN6S/c1-14-22(15(2)32(29-14)13-16-7-8-18(24)11-19(16)25)28-23(33)27-21-9-10-31(30-21)12-17-5-3-4-6-20(17)26/h3-11H,12-13H2,1-2H3,(H2,27,28,30,33). The fourth-order valence-electron chi connectivity index (χ4n) is 3.42. The Morgan fingerprint density at radius 3 is 2.55 bits per heavy atom. The molecule has 10 heteroatoms. The molecule has 0 amide bonds. The zero-order valence-electron chi connectivity index (χ0n) is 17.9. The van der Waals surface area contributed by atoms with Crippen LogP contribution in [0.1, 0.15) is 22.5 Å². The first-order valence-corrected chi connectivity index (χ1v) is 11.3. The minimum Gasteiger partial charge on any atom is -0.329 e. The van der Waals surface area contributed by atoms with Crippen LogP contribution in [-0.2, 0) is 13.1 Å². The van der Waals surface area contributed by atoms with Crippen LogP contribution in [0, 0.1) is 19.7 Å². The van der Waals surface area contributed by atoms with E-state index in [1.54, 1.807) is 47.3 Å². The quantitative estimate of drug-likeness (QED) is 0.314. The van der Waals surface area contributed by atoms with Crippen molar-refractivity contribution in [3.63, 3.8) is 0 Å². The minimum absolute atomic E-state index is 0.262. The highest BCUT2D eigenvalue weighted by atomic mass is 35.5. The molecule has 2 aromatic carbocycles. The molecule has 170 valence electrons. The molecule has 0 fully saturated rings. The fraction of sp³-hybridized carbons (Fsp3) is 0.174. The van der Waals surface area contributed by atoms with Gasteiger partial charge in [0.05, 0.1) is 30.2 Å². The molecule has 2 heterocycles. The normalized spacial score (nSPS) is 10.9.